The van der Waals surface area contributed by atoms with Crippen molar-refractivity contribution >= 4 is 28.5 Å². The Labute approximate surface area is 158 Å². The molecule has 2 N–H and O–H groups in total. The zero-order valence-corrected chi connectivity index (χ0v) is 16.4. The van der Waals surface area contributed by atoms with Gasteiger partial charge in [-0.15, -0.1) is 11.3 Å². The number of methoxy groups -OCH3 is 1. The number of alkyl carbamates (subject to hydrolysis) is 1. The van der Waals surface area contributed by atoms with Gasteiger partial charge in [-0.25, -0.2) is 9.78 Å². The Morgan fingerprint density at radius 2 is 1.92 bits per heavy atom. The quantitative estimate of drug-likeness (QED) is 0.764. The molecule has 0 spiro atoms. The highest BCUT2D eigenvalue weighted by molar-refractivity contribution is 7.14. The summed E-state index contributed by atoms with van der Waals surface area (Å²) in [6, 6.07) is 7.54. The van der Waals surface area contributed by atoms with E-state index in [1.54, 1.807) is 0 Å². The van der Waals surface area contributed by atoms with Crippen LogP contribution in [0.1, 0.15) is 32.8 Å². The molecule has 0 aliphatic heterocycles. The second kappa shape index (κ2) is 9.33. The number of hydrogen-bond acceptors (Lipinski definition) is 5. The van der Waals surface area contributed by atoms with Gasteiger partial charge in [0.2, 0.25) is 5.91 Å². The van der Waals surface area contributed by atoms with Gasteiger partial charge in [0, 0.05) is 10.9 Å². The Kier molecular flexibility index (Phi) is 7.15. The SMILES string of the molecule is CCc1ccc(-c2csc(NC(=O)C(CC(C)C)NC(=O)OC)n2)cc1. The van der Waals surface area contributed by atoms with E-state index in [2.05, 4.69) is 39.4 Å². The molecular weight excluding hydrogens is 350 g/mol. The molecule has 2 aromatic rings. The van der Waals surface area contributed by atoms with Gasteiger partial charge in [-0.05, 0) is 24.3 Å². The first-order chi connectivity index (χ1) is 12.4. The van der Waals surface area contributed by atoms with Gasteiger partial charge in [0.25, 0.3) is 0 Å². The lowest BCUT2D eigenvalue weighted by Gasteiger charge is -2.18. The van der Waals surface area contributed by atoms with E-state index >= 15 is 0 Å². The molecule has 1 aromatic carbocycles. The molecular formula is C19H25N3O3S. The van der Waals surface area contributed by atoms with Crippen molar-refractivity contribution in [3.8, 4) is 11.3 Å². The molecule has 0 saturated heterocycles. The number of carbonyl (C=O) groups excluding carboxylic acids is 2. The maximum Gasteiger partial charge on any atom is 0.407 e. The number of aromatic nitrogens is 1. The minimum atomic E-state index is -0.668. The average Bonchev–Trinajstić information content (AvgIpc) is 3.09. The van der Waals surface area contributed by atoms with Crippen LogP contribution < -0.4 is 10.6 Å². The largest absolute Gasteiger partial charge is 0.453 e. The molecule has 0 bridgehead atoms. The van der Waals surface area contributed by atoms with Crippen molar-refractivity contribution < 1.29 is 14.3 Å². The van der Waals surface area contributed by atoms with Gasteiger partial charge >= 0.3 is 6.09 Å². The van der Waals surface area contributed by atoms with Crippen molar-refractivity contribution in [1.82, 2.24) is 10.3 Å². The Morgan fingerprint density at radius 1 is 1.23 bits per heavy atom. The van der Waals surface area contributed by atoms with Crippen molar-refractivity contribution in [2.75, 3.05) is 12.4 Å². The van der Waals surface area contributed by atoms with Crippen LogP contribution in [0.3, 0.4) is 0 Å². The molecule has 140 valence electrons. The van der Waals surface area contributed by atoms with Crippen LogP contribution in [-0.4, -0.2) is 30.1 Å². The third-order valence-corrected chi connectivity index (χ3v) is 4.65. The summed E-state index contributed by atoms with van der Waals surface area (Å²) < 4.78 is 4.60. The lowest BCUT2D eigenvalue weighted by molar-refractivity contribution is -0.118. The molecule has 26 heavy (non-hydrogen) atoms. The van der Waals surface area contributed by atoms with Gasteiger partial charge < -0.3 is 15.4 Å². The summed E-state index contributed by atoms with van der Waals surface area (Å²) in [5.74, 6) is -0.0572. The Bertz CT molecular complexity index is 741. The number of aryl methyl sites for hydroxylation is 1. The van der Waals surface area contributed by atoms with Crippen molar-refractivity contribution in [2.24, 2.45) is 5.92 Å². The van der Waals surface area contributed by atoms with E-state index < -0.39 is 12.1 Å². The van der Waals surface area contributed by atoms with Crippen LogP contribution >= 0.6 is 11.3 Å². The van der Waals surface area contributed by atoms with Gasteiger partial charge in [-0.2, -0.15) is 0 Å². The molecule has 1 heterocycles. The Hall–Kier alpha value is -2.41. The third kappa shape index (κ3) is 5.56. The minimum Gasteiger partial charge on any atom is -0.453 e. The highest BCUT2D eigenvalue weighted by atomic mass is 32.1. The second-order valence-corrected chi connectivity index (χ2v) is 7.25. The molecule has 0 saturated carbocycles. The van der Waals surface area contributed by atoms with Gasteiger partial charge in [0.1, 0.15) is 6.04 Å². The number of ether oxygens (including phenoxy) is 1. The van der Waals surface area contributed by atoms with E-state index in [-0.39, 0.29) is 11.8 Å². The normalized spacial score (nSPS) is 11.9. The molecule has 1 aromatic heterocycles. The first-order valence-corrected chi connectivity index (χ1v) is 9.51. The highest BCUT2D eigenvalue weighted by Crippen LogP contribution is 2.25. The number of anilines is 1. The zero-order chi connectivity index (χ0) is 19.1. The maximum absolute atomic E-state index is 12.5. The summed E-state index contributed by atoms with van der Waals surface area (Å²) in [6.07, 6.45) is 0.877. The van der Waals surface area contributed by atoms with Crippen LogP contribution in [0, 0.1) is 5.92 Å². The van der Waals surface area contributed by atoms with Crippen molar-refractivity contribution in [3.05, 3.63) is 35.2 Å². The first-order valence-electron chi connectivity index (χ1n) is 8.63. The van der Waals surface area contributed by atoms with Gasteiger partial charge in [-0.1, -0.05) is 45.0 Å². The summed E-state index contributed by atoms with van der Waals surface area (Å²) in [7, 11) is 1.27. The topological polar surface area (TPSA) is 80.3 Å². The van der Waals surface area contributed by atoms with Crippen LogP contribution in [0.15, 0.2) is 29.6 Å². The predicted molar refractivity (Wildman–Crippen MR) is 104 cm³/mol. The third-order valence-electron chi connectivity index (χ3n) is 3.89. The van der Waals surface area contributed by atoms with Gasteiger partial charge in [0.15, 0.2) is 5.13 Å². The van der Waals surface area contributed by atoms with Crippen molar-refractivity contribution in [3.63, 3.8) is 0 Å². The number of thiazole rings is 1. The molecule has 0 fully saturated rings. The summed E-state index contributed by atoms with van der Waals surface area (Å²) in [5.41, 5.74) is 3.09. The number of rotatable bonds is 7. The summed E-state index contributed by atoms with van der Waals surface area (Å²) >= 11 is 1.36. The van der Waals surface area contributed by atoms with Crippen LogP contribution in [0.25, 0.3) is 11.3 Å². The molecule has 2 rings (SSSR count). The standard InChI is InChI=1S/C19H25N3O3S/c1-5-13-6-8-14(9-7-13)16-11-26-18(20-16)22-17(23)15(10-12(2)3)21-19(24)25-4/h6-9,11-12,15H,5,10H2,1-4H3,(H,21,24)(H,20,22,23). The number of amides is 2. The Balaban J connectivity index is 2.07. The maximum atomic E-state index is 12.5. The van der Waals surface area contributed by atoms with Crippen molar-refractivity contribution in [2.45, 2.75) is 39.7 Å². The van der Waals surface area contributed by atoms with E-state index in [1.165, 1.54) is 24.0 Å². The molecule has 0 radical (unpaired) electrons. The van der Waals surface area contributed by atoms with Crippen LogP contribution in [0.4, 0.5) is 9.93 Å². The Morgan fingerprint density at radius 3 is 2.50 bits per heavy atom. The lowest BCUT2D eigenvalue weighted by Crippen LogP contribution is -2.44. The smallest absolute Gasteiger partial charge is 0.407 e. The average molecular weight is 375 g/mol. The minimum absolute atomic E-state index is 0.242. The number of nitrogens with one attached hydrogen (secondary N) is 2. The zero-order valence-electron chi connectivity index (χ0n) is 15.5. The fraction of sp³-hybridized carbons (Fsp3) is 0.421. The fourth-order valence-electron chi connectivity index (χ4n) is 2.47. The summed E-state index contributed by atoms with van der Waals surface area (Å²) in [6.45, 7) is 6.09. The van der Waals surface area contributed by atoms with Gasteiger partial charge in [0.05, 0.1) is 12.8 Å². The number of carbonyl (C=O) groups is 2. The van der Waals surface area contributed by atoms with Crippen LogP contribution in [0.2, 0.25) is 0 Å². The predicted octanol–water partition coefficient (Wildman–Crippen LogP) is 4.08. The summed E-state index contributed by atoms with van der Waals surface area (Å²) in [5, 5.41) is 7.77. The first kappa shape index (κ1) is 19.9. The van der Waals surface area contributed by atoms with E-state index in [9.17, 15) is 9.59 Å². The number of nitrogens with zero attached hydrogens (tertiary/aromatic N) is 1. The van der Waals surface area contributed by atoms with Crippen LogP contribution in [0.5, 0.6) is 0 Å². The van der Waals surface area contributed by atoms with E-state index in [4.69, 9.17) is 0 Å². The monoisotopic (exact) mass is 375 g/mol. The van der Waals surface area contributed by atoms with E-state index in [1.807, 2.05) is 31.4 Å². The lowest BCUT2D eigenvalue weighted by atomic mass is 10.0. The molecule has 6 nitrogen and oxygen atoms in total. The molecule has 0 aliphatic rings. The number of hydrogen-bond donors (Lipinski definition) is 2. The fourth-order valence-corrected chi connectivity index (χ4v) is 3.19. The highest BCUT2D eigenvalue weighted by Gasteiger charge is 2.23. The molecule has 2 amide bonds. The molecule has 1 unspecified atom stereocenters. The van der Waals surface area contributed by atoms with E-state index in [0.717, 1.165) is 17.7 Å². The van der Waals surface area contributed by atoms with Crippen LogP contribution in [-0.2, 0) is 16.0 Å². The molecule has 7 heteroatoms. The van der Waals surface area contributed by atoms with E-state index in [0.29, 0.717) is 11.6 Å². The second-order valence-electron chi connectivity index (χ2n) is 6.40. The number of benzene rings is 1. The molecule has 0 aliphatic carbocycles. The van der Waals surface area contributed by atoms with Crippen molar-refractivity contribution in [1.29, 1.82) is 0 Å². The summed E-state index contributed by atoms with van der Waals surface area (Å²) in [4.78, 5) is 28.5. The van der Waals surface area contributed by atoms with Gasteiger partial charge in [-0.3, -0.25) is 4.79 Å². The molecule has 1 atom stereocenters.